The SMILES string of the molecule is Cc1cccc(-c2nc3n(c2N)CCC(C)C3)c1C. The van der Waals surface area contributed by atoms with E-state index in [1.54, 1.807) is 0 Å². The van der Waals surface area contributed by atoms with E-state index in [9.17, 15) is 0 Å². The Balaban J connectivity index is 2.14. The lowest BCUT2D eigenvalue weighted by molar-refractivity contribution is 0.412. The van der Waals surface area contributed by atoms with Gasteiger partial charge in [0.25, 0.3) is 0 Å². The van der Waals surface area contributed by atoms with Crippen molar-refractivity contribution in [3.63, 3.8) is 0 Å². The van der Waals surface area contributed by atoms with Crippen LogP contribution < -0.4 is 5.73 Å². The van der Waals surface area contributed by atoms with Gasteiger partial charge in [0.2, 0.25) is 0 Å². The van der Waals surface area contributed by atoms with Crippen LogP contribution in [0.15, 0.2) is 18.2 Å². The minimum atomic E-state index is 0.709. The Hall–Kier alpha value is -1.77. The Morgan fingerprint density at radius 1 is 1.32 bits per heavy atom. The third-order valence-corrected chi connectivity index (χ3v) is 4.32. The molecule has 0 radical (unpaired) electrons. The summed E-state index contributed by atoms with van der Waals surface area (Å²) in [6.45, 7) is 7.56. The molecule has 0 aliphatic carbocycles. The zero-order valence-corrected chi connectivity index (χ0v) is 11.9. The molecule has 0 saturated carbocycles. The molecule has 3 nitrogen and oxygen atoms in total. The summed E-state index contributed by atoms with van der Waals surface area (Å²) >= 11 is 0. The van der Waals surface area contributed by atoms with Crippen LogP contribution in [0, 0.1) is 19.8 Å². The van der Waals surface area contributed by atoms with Gasteiger partial charge >= 0.3 is 0 Å². The molecule has 0 spiro atoms. The fraction of sp³-hybridized carbons (Fsp3) is 0.438. The molecule has 1 atom stereocenters. The molecule has 2 aromatic rings. The number of nitrogens with zero attached hydrogens (tertiary/aromatic N) is 2. The topological polar surface area (TPSA) is 43.8 Å². The summed E-state index contributed by atoms with van der Waals surface area (Å²) in [6, 6.07) is 6.33. The van der Waals surface area contributed by atoms with Gasteiger partial charge in [-0.05, 0) is 37.3 Å². The first-order valence-electron chi connectivity index (χ1n) is 6.99. The lowest BCUT2D eigenvalue weighted by atomic mass is 10.0. The number of aryl methyl sites for hydroxylation is 1. The van der Waals surface area contributed by atoms with Crippen LogP contribution in [0.2, 0.25) is 0 Å². The zero-order valence-electron chi connectivity index (χ0n) is 11.9. The van der Waals surface area contributed by atoms with Gasteiger partial charge in [-0.3, -0.25) is 0 Å². The Labute approximate surface area is 114 Å². The average Bonchev–Trinajstić information content (AvgIpc) is 2.69. The molecule has 2 N–H and O–H groups in total. The van der Waals surface area contributed by atoms with Gasteiger partial charge in [-0.25, -0.2) is 4.98 Å². The minimum Gasteiger partial charge on any atom is -0.383 e. The molecule has 1 aromatic carbocycles. The number of anilines is 1. The molecule has 0 amide bonds. The number of fused-ring (bicyclic) bond motifs is 1. The smallest absolute Gasteiger partial charge is 0.131 e. The summed E-state index contributed by atoms with van der Waals surface area (Å²) in [6.07, 6.45) is 2.23. The fourth-order valence-corrected chi connectivity index (χ4v) is 2.89. The highest BCUT2D eigenvalue weighted by molar-refractivity contribution is 5.74. The molecule has 0 saturated heterocycles. The van der Waals surface area contributed by atoms with Crippen molar-refractivity contribution < 1.29 is 0 Å². The molecule has 1 aromatic heterocycles. The maximum absolute atomic E-state index is 6.32. The first kappa shape index (κ1) is 12.3. The van der Waals surface area contributed by atoms with Gasteiger partial charge in [-0.2, -0.15) is 0 Å². The van der Waals surface area contributed by atoms with Crippen molar-refractivity contribution in [3.05, 3.63) is 35.2 Å². The number of hydrogen-bond donors (Lipinski definition) is 1. The first-order valence-corrected chi connectivity index (χ1v) is 6.99. The second-order valence-electron chi connectivity index (χ2n) is 5.76. The van der Waals surface area contributed by atoms with E-state index in [1.807, 2.05) is 0 Å². The number of imidazole rings is 1. The van der Waals surface area contributed by atoms with E-state index < -0.39 is 0 Å². The Bertz CT molecular complexity index is 625. The maximum Gasteiger partial charge on any atom is 0.131 e. The molecule has 0 bridgehead atoms. The number of benzene rings is 1. The summed E-state index contributed by atoms with van der Waals surface area (Å²) < 4.78 is 2.19. The van der Waals surface area contributed by atoms with Crippen LogP contribution in [0.5, 0.6) is 0 Å². The van der Waals surface area contributed by atoms with Crippen LogP contribution in [-0.2, 0) is 13.0 Å². The van der Waals surface area contributed by atoms with Crippen LogP contribution in [0.1, 0.15) is 30.3 Å². The average molecular weight is 255 g/mol. The highest BCUT2D eigenvalue weighted by atomic mass is 15.1. The first-order chi connectivity index (χ1) is 9.08. The number of nitrogens with two attached hydrogens (primary N) is 1. The van der Waals surface area contributed by atoms with E-state index >= 15 is 0 Å². The Kier molecular flexibility index (Phi) is 2.85. The number of hydrogen-bond acceptors (Lipinski definition) is 2. The van der Waals surface area contributed by atoms with Gasteiger partial charge in [0.05, 0.1) is 0 Å². The summed E-state index contributed by atoms with van der Waals surface area (Å²) in [5, 5.41) is 0. The van der Waals surface area contributed by atoms with Crippen LogP contribution in [-0.4, -0.2) is 9.55 Å². The summed E-state index contributed by atoms with van der Waals surface area (Å²) in [5.41, 5.74) is 11.0. The van der Waals surface area contributed by atoms with Crippen molar-refractivity contribution in [2.75, 3.05) is 5.73 Å². The van der Waals surface area contributed by atoms with E-state index in [-0.39, 0.29) is 0 Å². The van der Waals surface area contributed by atoms with Crippen molar-refractivity contribution >= 4 is 5.82 Å². The predicted octanol–water partition coefficient (Wildman–Crippen LogP) is 3.33. The number of rotatable bonds is 1. The monoisotopic (exact) mass is 255 g/mol. The van der Waals surface area contributed by atoms with Crippen molar-refractivity contribution in [1.29, 1.82) is 0 Å². The van der Waals surface area contributed by atoms with Gasteiger partial charge in [-0.15, -0.1) is 0 Å². The summed E-state index contributed by atoms with van der Waals surface area (Å²) in [5.74, 6) is 2.68. The van der Waals surface area contributed by atoms with E-state index in [2.05, 4.69) is 43.5 Å². The van der Waals surface area contributed by atoms with Gasteiger partial charge in [0.15, 0.2) is 0 Å². The van der Waals surface area contributed by atoms with E-state index in [4.69, 9.17) is 10.7 Å². The molecule has 1 aliphatic rings. The van der Waals surface area contributed by atoms with Crippen LogP contribution in [0.25, 0.3) is 11.3 Å². The molecular formula is C16H21N3. The van der Waals surface area contributed by atoms with E-state index in [0.717, 1.165) is 30.3 Å². The molecule has 19 heavy (non-hydrogen) atoms. The third-order valence-electron chi connectivity index (χ3n) is 4.32. The van der Waals surface area contributed by atoms with E-state index in [1.165, 1.54) is 23.1 Å². The number of aromatic nitrogens is 2. The molecule has 100 valence electrons. The molecule has 3 heteroatoms. The zero-order chi connectivity index (χ0) is 13.6. The van der Waals surface area contributed by atoms with Crippen LogP contribution >= 0.6 is 0 Å². The Morgan fingerprint density at radius 2 is 2.11 bits per heavy atom. The summed E-state index contributed by atoms with van der Waals surface area (Å²) in [7, 11) is 0. The maximum atomic E-state index is 6.32. The molecule has 0 fully saturated rings. The van der Waals surface area contributed by atoms with Crippen LogP contribution in [0.4, 0.5) is 5.82 Å². The third kappa shape index (κ3) is 1.93. The van der Waals surface area contributed by atoms with Crippen molar-refractivity contribution in [2.45, 2.75) is 40.2 Å². The lowest BCUT2D eigenvalue weighted by Crippen LogP contribution is -2.18. The molecule has 3 rings (SSSR count). The second-order valence-corrected chi connectivity index (χ2v) is 5.76. The van der Waals surface area contributed by atoms with Gasteiger partial charge < -0.3 is 10.3 Å². The highest BCUT2D eigenvalue weighted by Gasteiger charge is 2.22. The molecule has 2 heterocycles. The second kappa shape index (κ2) is 4.41. The van der Waals surface area contributed by atoms with Gasteiger partial charge in [-0.1, -0.05) is 25.1 Å². The fourth-order valence-electron chi connectivity index (χ4n) is 2.89. The van der Waals surface area contributed by atoms with Crippen molar-refractivity contribution in [1.82, 2.24) is 9.55 Å². The number of nitrogen functional groups attached to an aromatic ring is 1. The van der Waals surface area contributed by atoms with E-state index in [0.29, 0.717) is 5.92 Å². The van der Waals surface area contributed by atoms with Crippen molar-refractivity contribution in [2.24, 2.45) is 5.92 Å². The van der Waals surface area contributed by atoms with Crippen LogP contribution in [0.3, 0.4) is 0 Å². The normalized spacial score (nSPS) is 18.4. The Morgan fingerprint density at radius 3 is 2.89 bits per heavy atom. The van der Waals surface area contributed by atoms with Crippen molar-refractivity contribution in [3.8, 4) is 11.3 Å². The minimum absolute atomic E-state index is 0.709. The van der Waals surface area contributed by atoms with Gasteiger partial charge in [0, 0.05) is 18.5 Å². The quantitative estimate of drug-likeness (QED) is 0.849. The summed E-state index contributed by atoms with van der Waals surface area (Å²) in [4.78, 5) is 4.81. The largest absolute Gasteiger partial charge is 0.383 e. The molecular weight excluding hydrogens is 234 g/mol. The highest BCUT2D eigenvalue weighted by Crippen LogP contribution is 2.33. The predicted molar refractivity (Wildman–Crippen MR) is 79.0 cm³/mol. The lowest BCUT2D eigenvalue weighted by Gasteiger charge is -2.20. The van der Waals surface area contributed by atoms with Gasteiger partial charge in [0.1, 0.15) is 17.3 Å². The standard InChI is InChI=1S/C16H21N3/c1-10-7-8-19-14(9-10)18-15(16(19)17)13-6-4-5-11(2)12(13)3/h4-6,10H,7-9,17H2,1-3H3. The molecule has 1 unspecified atom stereocenters. The molecule has 1 aliphatic heterocycles.